The number of hydrogen-bond donors (Lipinski definition) is 1. The van der Waals surface area contributed by atoms with E-state index in [0.29, 0.717) is 5.92 Å². The molecule has 0 aromatic heterocycles. The highest BCUT2D eigenvalue weighted by Gasteiger charge is 2.23. The van der Waals surface area contributed by atoms with Gasteiger partial charge in [-0.3, -0.25) is 0 Å². The van der Waals surface area contributed by atoms with Crippen LogP contribution in [0.5, 0.6) is 5.75 Å². The van der Waals surface area contributed by atoms with E-state index in [0.717, 1.165) is 35.8 Å². The molecule has 98 valence electrons. The van der Waals surface area contributed by atoms with Crippen LogP contribution in [0.3, 0.4) is 0 Å². The lowest BCUT2D eigenvalue weighted by Crippen LogP contribution is -2.26. The van der Waals surface area contributed by atoms with Gasteiger partial charge in [-0.25, -0.2) is 0 Å². The first-order chi connectivity index (χ1) is 8.83. The molecule has 1 saturated heterocycles. The van der Waals surface area contributed by atoms with E-state index < -0.39 is 0 Å². The van der Waals surface area contributed by atoms with Gasteiger partial charge in [0.15, 0.2) is 0 Å². The van der Waals surface area contributed by atoms with Crippen molar-refractivity contribution >= 4 is 15.9 Å². The van der Waals surface area contributed by atoms with Gasteiger partial charge in [0.1, 0.15) is 5.75 Å². The summed E-state index contributed by atoms with van der Waals surface area (Å²) in [5, 5.41) is 3.42. The number of ether oxygens (including phenoxy) is 1. The number of hydrogen-bond acceptors (Lipinski definition) is 2. The van der Waals surface area contributed by atoms with Gasteiger partial charge in [0.2, 0.25) is 0 Å². The van der Waals surface area contributed by atoms with E-state index in [1.165, 1.54) is 31.2 Å². The minimum Gasteiger partial charge on any atom is -0.492 e. The van der Waals surface area contributed by atoms with E-state index >= 15 is 0 Å². The summed E-state index contributed by atoms with van der Waals surface area (Å²) in [5.41, 5.74) is 1.44. The van der Waals surface area contributed by atoms with E-state index in [1.54, 1.807) is 0 Å². The predicted octanol–water partition coefficient (Wildman–Crippen LogP) is 3.70. The number of rotatable bonds is 4. The zero-order valence-electron chi connectivity index (χ0n) is 10.6. The molecule has 1 aromatic rings. The first kappa shape index (κ1) is 12.5. The largest absolute Gasteiger partial charge is 0.492 e. The maximum Gasteiger partial charge on any atom is 0.133 e. The van der Waals surface area contributed by atoms with Gasteiger partial charge in [0.05, 0.1) is 11.1 Å². The maximum absolute atomic E-state index is 5.93. The Morgan fingerprint density at radius 1 is 1.17 bits per heavy atom. The molecule has 1 N–H and O–H groups in total. The molecule has 2 nitrogen and oxygen atoms in total. The van der Waals surface area contributed by atoms with Gasteiger partial charge in [0.25, 0.3) is 0 Å². The molecule has 1 heterocycles. The summed E-state index contributed by atoms with van der Waals surface area (Å²) in [7, 11) is 0. The first-order valence-corrected chi connectivity index (χ1v) is 7.75. The van der Waals surface area contributed by atoms with E-state index in [-0.39, 0.29) is 0 Å². The lowest BCUT2D eigenvalue weighted by atomic mass is 9.90. The highest BCUT2D eigenvalue weighted by molar-refractivity contribution is 9.10. The topological polar surface area (TPSA) is 21.3 Å². The second-order valence-electron chi connectivity index (χ2n) is 5.47. The smallest absolute Gasteiger partial charge is 0.133 e. The van der Waals surface area contributed by atoms with E-state index in [9.17, 15) is 0 Å². The third-order valence-corrected chi connectivity index (χ3v) is 4.59. The molecule has 1 aliphatic carbocycles. The molecule has 0 radical (unpaired) electrons. The highest BCUT2D eigenvalue weighted by atomic mass is 79.9. The summed E-state index contributed by atoms with van der Waals surface area (Å²) in [5.74, 6) is 2.53. The minimum atomic E-state index is 0.697. The third-order valence-electron chi connectivity index (χ3n) is 3.94. The van der Waals surface area contributed by atoms with E-state index in [2.05, 4.69) is 39.4 Å². The van der Waals surface area contributed by atoms with Crippen molar-refractivity contribution in [2.45, 2.75) is 31.6 Å². The Morgan fingerprint density at radius 2 is 1.94 bits per heavy atom. The van der Waals surface area contributed by atoms with Gasteiger partial charge < -0.3 is 10.1 Å². The van der Waals surface area contributed by atoms with Crippen molar-refractivity contribution in [3.63, 3.8) is 0 Å². The first-order valence-electron chi connectivity index (χ1n) is 6.96. The lowest BCUT2D eigenvalue weighted by Gasteiger charge is -2.23. The summed E-state index contributed by atoms with van der Waals surface area (Å²) >= 11 is 3.59. The van der Waals surface area contributed by atoms with Crippen molar-refractivity contribution in [2.24, 2.45) is 5.92 Å². The normalized spacial score (nSPS) is 20.9. The third kappa shape index (κ3) is 3.07. The Hall–Kier alpha value is -0.540. The van der Waals surface area contributed by atoms with Crippen LogP contribution in [-0.4, -0.2) is 19.7 Å². The molecule has 1 aliphatic heterocycles. The fraction of sp³-hybridized carbons (Fsp3) is 0.600. The Kier molecular flexibility index (Phi) is 3.90. The summed E-state index contributed by atoms with van der Waals surface area (Å²) in [6.45, 7) is 3.16. The van der Waals surface area contributed by atoms with Crippen molar-refractivity contribution in [1.29, 1.82) is 0 Å². The number of nitrogens with one attached hydrogen (secondary N) is 1. The highest BCUT2D eigenvalue weighted by Crippen LogP contribution is 2.35. The van der Waals surface area contributed by atoms with Crippen LogP contribution in [0, 0.1) is 5.92 Å². The lowest BCUT2D eigenvalue weighted by molar-refractivity contribution is 0.297. The molecule has 2 aliphatic rings. The van der Waals surface area contributed by atoms with Crippen LogP contribution < -0.4 is 10.1 Å². The van der Waals surface area contributed by atoms with E-state index in [4.69, 9.17) is 4.74 Å². The molecule has 0 atom stereocenters. The summed E-state index contributed by atoms with van der Waals surface area (Å²) in [4.78, 5) is 0. The molecule has 3 heteroatoms. The van der Waals surface area contributed by atoms with Crippen LogP contribution in [0.15, 0.2) is 22.7 Å². The molecule has 0 unspecified atom stereocenters. The SMILES string of the molecule is Brc1ccc(C2CCNCC2)cc1OCC1CC1. The zero-order valence-corrected chi connectivity index (χ0v) is 12.2. The van der Waals surface area contributed by atoms with Crippen LogP contribution in [-0.2, 0) is 0 Å². The van der Waals surface area contributed by atoms with Gasteiger partial charge in [-0.15, -0.1) is 0 Å². The number of benzene rings is 1. The molecule has 1 aromatic carbocycles. The van der Waals surface area contributed by atoms with Gasteiger partial charge in [-0.1, -0.05) is 6.07 Å². The Balaban J connectivity index is 1.71. The summed E-state index contributed by atoms with van der Waals surface area (Å²) in [6, 6.07) is 6.62. The van der Waals surface area contributed by atoms with Crippen LogP contribution in [0.2, 0.25) is 0 Å². The fourth-order valence-corrected chi connectivity index (χ4v) is 2.89. The summed E-state index contributed by atoms with van der Waals surface area (Å²) < 4.78 is 7.01. The van der Waals surface area contributed by atoms with Crippen molar-refractivity contribution in [2.75, 3.05) is 19.7 Å². The number of halogens is 1. The second kappa shape index (κ2) is 5.62. The molecule has 18 heavy (non-hydrogen) atoms. The molecule has 2 fully saturated rings. The van der Waals surface area contributed by atoms with Crippen molar-refractivity contribution in [1.82, 2.24) is 5.32 Å². The van der Waals surface area contributed by atoms with Crippen molar-refractivity contribution in [3.05, 3.63) is 28.2 Å². The Morgan fingerprint density at radius 3 is 2.67 bits per heavy atom. The zero-order chi connectivity index (χ0) is 12.4. The average molecular weight is 310 g/mol. The summed E-state index contributed by atoms with van der Waals surface area (Å²) in [6.07, 6.45) is 5.16. The van der Waals surface area contributed by atoms with Gasteiger partial charge >= 0.3 is 0 Å². The van der Waals surface area contributed by atoms with E-state index in [1.807, 2.05) is 0 Å². The minimum absolute atomic E-state index is 0.697. The predicted molar refractivity (Wildman–Crippen MR) is 77.2 cm³/mol. The monoisotopic (exact) mass is 309 g/mol. The fourth-order valence-electron chi connectivity index (χ4n) is 2.53. The van der Waals surface area contributed by atoms with Gasteiger partial charge in [-0.05, 0) is 84.2 Å². The second-order valence-corrected chi connectivity index (χ2v) is 6.32. The molecule has 0 bridgehead atoms. The Bertz CT molecular complexity index is 411. The molecule has 3 rings (SSSR count). The molecule has 0 amide bonds. The number of piperidine rings is 1. The Labute approximate surface area is 117 Å². The molecular weight excluding hydrogens is 290 g/mol. The van der Waals surface area contributed by atoms with Gasteiger partial charge in [0, 0.05) is 0 Å². The molecule has 0 spiro atoms. The average Bonchev–Trinajstić information content (AvgIpc) is 3.23. The van der Waals surface area contributed by atoms with Crippen LogP contribution in [0.25, 0.3) is 0 Å². The van der Waals surface area contributed by atoms with Gasteiger partial charge in [-0.2, -0.15) is 0 Å². The quantitative estimate of drug-likeness (QED) is 0.915. The van der Waals surface area contributed by atoms with Crippen LogP contribution >= 0.6 is 15.9 Å². The van der Waals surface area contributed by atoms with Crippen molar-refractivity contribution < 1.29 is 4.74 Å². The molecular formula is C15H20BrNO. The maximum atomic E-state index is 5.93. The van der Waals surface area contributed by atoms with Crippen LogP contribution in [0.1, 0.15) is 37.2 Å². The van der Waals surface area contributed by atoms with Crippen LogP contribution in [0.4, 0.5) is 0 Å². The van der Waals surface area contributed by atoms with Crippen molar-refractivity contribution in [3.8, 4) is 5.75 Å². The molecule has 1 saturated carbocycles. The standard InChI is InChI=1S/C15H20BrNO/c16-14-4-3-13(12-5-7-17-8-6-12)9-15(14)18-10-11-1-2-11/h3-4,9,11-12,17H,1-2,5-8,10H2.